The second-order valence-electron chi connectivity index (χ2n) is 5.25. The Kier molecular flexibility index (Phi) is 4.69. The molecule has 2 N–H and O–H groups in total. The van der Waals surface area contributed by atoms with Crippen molar-refractivity contribution in [2.45, 2.75) is 13.0 Å². The van der Waals surface area contributed by atoms with Crippen molar-refractivity contribution in [1.82, 2.24) is 29.3 Å². The standard InChI is InChI=1S/C13H21N7O/c1-18(2)10(21)7-19(3)5-4-6-20-9-17-11-12(14)15-8-16-13(11)20/h8-9H,4-7H2,1-3H3,(H2,14,15,16). The molecule has 0 spiro atoms. The summed E-state index contributed by atoms with van der Waals surface area (Å²) < 4.78 is 1.95. The van der Waals surface area contributed by atoms with Gasteiger partial charge in [-0.3, -0.25) is 9.69 Å². The van der Waals surface area contributed by atoms with E-state index < -0.39 is 0 Å². The Bertz CT molecular complexity index is 622. The van der Waals surface area contributed by atoms with Gasteiger partial charge in [-0.2, -0.15) is 0 Å². The third kappa shape index (κ3) is 3.66. The zero-order valence-electron chi connectivity index (χ0n) is 12.7. The number of nitrogens with two attached hydrogens (primary N) is 1. The van der Waals surface area contributed by atoms with Crippen molar-refractivity contribution in [3.8, 4) is 0 Å². The number of rotatable bonds is 6. The minimum atomic E-state index is 0.103. The predicted molar refractivity (Wildman–Crippen MR) is 80.5 cm³/mol. The summed E-state index contributed by atoms with van der Waals surface area (Å²) in [5, 5.41) is 0. The highest BCUT2D eigenvalue weighted by atomic mass is 16.2. The van der Waals surface area contributed by atoms with Crippen molar-refractivity contribution in [3.63, 3.8) is 0 Å². The average Bonchev–Trinajstić information content (AvgIpc) is 2.83. The summed E-state index contributed by atoms with van der Waals surface area (Å²) in [7, 11) is 5.46. The average molecular weight is 291 g/mol. The first-order chi connectivity index (χ1) is 9.99. The molecule has 0 bridgehead atoms. The van der Waals surface area contributed by atoms with E-state index in [1.54, 1.807) is 25.3 Å². The first-order valence-electron chi connectivity index (χ1n) is 6.79. The molecule has 8 nitrogen and oxygen atoms in total. The van der Waals surface area contributed by atoms with Gasteiger partial charge in [-0.05, 0) is 13.5 Å². The van der Waals surface area contributed by atoms with Crippen LogP contribution in [0.15, 0.2) is 12.7 Å². The number of amides is 1. The Hall–Kier alpha value is -2.22. The number of imidazole rings is 1. The molecule has 2 aromatic heterocycles. The maximum Gasteiger partial charge on any atom is 0.236 e. The molecule has 0 saturated carbocycles. The van der Waals surface area contributed by atoms with Crippen molar-refractivity contribution in [3.05, 3.63) is 12.7 Å². The van der Waals surface area contributed by atoms with Gasteiger partial charge in [-0.1, -0.05) is 0 Å². The number of fused-ring (bicyclic) bond motifs is 1. The van der Waals surface area contributed by atoms with Crippen LogP contribution in [0.5, 0.6) is 0 Å². The van der Waals surface area contributed by atoms with Crippen molar-refractivity contribution in [2.75, 3.05) is 40.0 Å². The summed E-state index contributed by atoms with van der Waals surface area (Å²) in [6.07, 6.45) is 4.06. The molecular weight excluding hydrogens is 270 g/mol. The van der Waals surface area contributed by atoms with Crippen LogP contribution in [0.2, 0.25) is 0 Å². The Labute approximate surface area is 123 Å². The lowest BCUT2D eigenvalue weighted by Gasteiger charge is -2.18. The van der Waals surface area contributed by atoms with E-state index in [2.05, 4.69) is 15.0 Å². The quantitative estimate of drug-likeness (QED) is 0.793. The first kappa shape index (κ1) is 15.2. The lowest BCUT2D eigenvalue weighted by Crippen LogP contribution is -2.35. The topological polar surface area (TPSA) is 93.2 Å². The highest BCUT2D eigenvalue weighted by Crippen LogP contribution is 2.14. The van der Waals surface area contributed by atoms with Gasteiger partial charge in [-0.15, -0.1) is 0 Å². The zero-order valence-corrected chi connectivity index (χ0v) is 12.7. The number of anilines is 1. The molecule has 0 fully saturated rings. The van der Waals surface area contributed by atoms with Gasteiger partial charge >= 0.3 is 0 Å². The van der Waals surface area contributed by atoms with E-state index in [4.69, 9.17) is 5.73 Å². The largest absolute Gasteiger partial charge is 0.382 e. The molecule has 0 aliphatic rings. The number of nitrogens with zero attached hydrogens (tertiary/aromatic N) is 6. The van der Waals surface area contributed by atoms with Gasteiger partial charge in [-0.25, -0.2) is 15.0 Å². The van der Waals surface area contributed by atoms with Crippen LogP contribution in [-0.2, 0) is 11.3 Å². The second-order valence-corrected chi connectivity index (χ2v) is 5.25. The number of likely N-dealkylation sites (N-methyl/N-ethyl adjacent to an activating group) is 2. The van der Waals surface area contributed by atoms with Crippen molar-refractivity contribution in [2.24, 2.45) is 0 Å². The number of carbonyl (C=O) groups is 1. The molecule has 2 rings (SSSR count). The molecule has 0 radical (unpaired) electrons. The van der Waals surface area contributed by atoms with E-state index in [0.717, 1.165) is 25.2 Å². The predicted octanol–water partition coefficient (Wildman–Crippen LogP) is -0.181. The highest BCUT2D eigenvalue weighted by Gasteiger charge is 2.10. The fraction of sp³-hybridized carbons (Fsp3) is 0.538. The summed E-state index contributed by atoms with van der Waals surface area (Å²) in [6.45, 7) is 2.01. The number of carbonyl (C=O) groups excluding carboxylic acids is 1. The van der Waals surface area contributed by atoms with Gasteiger partial charge in [0.05, 0.1) is 12.9 Å². The molecule has 0 aliphatic carbocycles. The number of aromatic nitrogens is 4. The summed E-state index contributed by atoms with van der Waals surface area (Å²) in [5.74, 6) is 0.499. The van der Waals surface area contributed by atoms with Crippen LogP contribution in [-0.4, -0.2) is 69.5 Å². The van der Waals surface area contributed by atoms with Crippen molar-refractivity contribution in [1.29, 1.82) is 0 Å². The fourth-order valence-corrected chi connectivity index (χ4v) is 2.02. The van der Waals surface area contributed by atoms with Gasteiger partial charge < -0.3 is 15.2 Å². The van der Waals surface area contributed by atoms with Gasteiger partial charge in [0.15, 0.2) is 11.5 Å². The van der Waals surface area contributed by atoms with Crippen molar-refractivity contribution >= 4 is 22.9 Å². The Balaban J connectivity index is 1.88. The van der Waals surface area contributed by atoms with E-state index in [-0.39, 0.29) is 5.91 Å². The molecule has 8 heteroatoms. The summed E-state index contributed by atoms with van der Waals surface area (Å²) in [4.78, 5) is 27.5. The Morgan fingerprint density at radius 3 is 2.76 bits per heavy atom. The first-order valence-corrected chi connectivity index (χ1v) is 6.79. The Morgan fingerprint density at radius 2 is 2.05 bits per heavy atom. The van der Waals surface area contributed by atoms with Crippen molar-refractivity contribution < 1.29 is 4.79 Å². The van der Waals surface area contributed by atoms with Gasteiger partial charge in [0, 0.05) is 27.2 Å². The van der Waals surface area contributed by atoms with Gasteiger partial charge in [0.2, 0.25) is 5.91 Å². The van der Waals surface area contributed by atoms with E-state index >= 15 is 0 Å². The third-order valence-corrected chi connectivity index (χ3v) is 3.27. The third-order valence-electron chi connectivity index (χ3n) is 3.27. The molecule has 2 heterocycles. The van der Waals surface area contributed by atoms with E-state index in [0.29, 0.717) is 17.9 Å². The molecule has 2 aromatic rings. The minimum absolute atomic E-state index is 0.103. The van der Waals surface area contributed by atoms with Crippen LogP contribution < -0.4 is 5.73 Å². The number of aryl methyl sites for hydroxylation is 1. The molecule has 1 amide bonds. The summed E-state index contributed by atoms with van der Waals surface area (Å²) >= 11 is 0. The monoisotopic (exact) mass is 291 g/mol. The SMILES string of the molecule is CN(CCCn1cnc2c(N)ncnc21)CC(=O)N(C)C. The second kappa shape index (κ2) is 6.49. The molecule has 0 saturated heterocycles. The summed E-state index contributed by atoms with van der Waals surface area (Å²) in [5.41, 5.74) is 7.13. The summed E-state index contributed by atoms with van der Waals surface area (Å²) in [6, 6.07) is 0. The molecule has 21 heavy (non-hydrogen) atoms. The molecule has 0 unspecified atom stereocenters. The molecule has 0 atom stereocenters. The number of hydrogen-bond donors (Lipinski definition) is 1. The molecule has 0 aliphatic heterocycles. The number of nitrogen functional groups attached to an aromatic ring is 1. The lowest BCUT2D eigenvalue weighted by atomic mass is 10.3. The zero-order chi connectivity index (χ0) is 15.4. The molecule has 0 aromatic carbocycles. The molecule has 114 valence electrons. The van der Waals surface area contributed by atoms with Crippen LogP contribution in [0.25, 0.3) is 11.2 Å². The maximum atomic E-state index is 11.6. The lowest BCUT2D eigenvalue weighted by molar-refractivity contribution is -0.129. The fourth-order valence-electron chi connectivity index (χ4n) is 2.02. The normalized spacial score (nSPS) is 11.2. The highest BCUT2D eigenvalue weighted by molar-refractivity contribution is 5.81. The van der Waals surface area contributed by atoms with Gasteiger partial charge in [0.25, 0.3) is 0 Å². The smallest absolute Gasteiger partial charge is 0.236 e. The maximum absolute atomic E-state index is 11.6. The van der Waals surface area contributed by atoms with E-state index in [1.807, 2.05) is 16.5 Å². The van der Waals surface area contributed by atoms with E-state index in [1.165, 1.54) is 6.33 Å². The van der Waals surface area contributed by atoms with Crippen LogP contribution in [0.4, 0.5) is 5.82 Å². The van der Waals surface area contributed by atoms with Crippen LogP contribution in [0, 0.1) is 0 Å². The van der Waals surface area contributed by atoms with Gasteiger partial charge in [0.1, 0.15) is 11.8 Å². The minimum Gasteiger partial charge on any atom is -0.382 e. The Morgan fingerprint density at radius 1 is 1.29 bits per heavy atom. The van der Waals surface area contributed by atoms with Crippen LogP contribution in [0.3, 0.4) is 0 Å². The van der Waals surface area contributed by atoms with Crippen LogP contribution in [0.1, 0.15) is 6.42 Å². The molecular formula is C13H21N7O. The van der Waals surface area contributed by atoms with E-state index in [9.17, 15) is 4.79 Å². The van der Waals surface area contributed by atoms with Crippen LogP contribution >= 0.6 is 0 Å². The number of hydrogen-bond acceptors (Lipinski definition) is 6.